The number of rotatable bonds is 21. The number of esters is 2. The predicted octanol–water partition coefficient (Wildman–Crippen LogP) is 13.3. The lowest BCUT2D eigenvalue weighted by Crippen LogP contribution is -2.24. The van der Waals surface area contributed by atoms with Crippen molar-refractivity contribution in [2.75, 3.05) is 34.0 Å². The minimum Gasteiger partial charge on any atom is -0.490 e. The molecule has 0 spiro atoms. The molecule has 0 atom stereocenters. The smallest absolute Gasteiger partial charge is 0.308 e. The maximum absolute atomic E-state index is 14.3. The Bertz CT molecular complexity index is 3240. The molecule has 396 valence electrons. The Morgan fingerprint density at radius 1 is 0.592 bits per heavy atom. The van der Waals surface area contributed by atoms with Gasteiger partial charge in [0.15, 0.2) is 11.6 Å². The lowest BCUT2D eigenvalue weighted by molar-refractivity contribution is -0.156. The maximum atomic E-state index is 14.3. The molecule has 0 radical (unpaired) electrons. The van der Waals surface area contributed by atoms with Crippen molar-refractivity contribution in [3.8, 4) is 73.7 Å². The van der Waals surface area contributed by atoms with Gasteiger partial charge in [0.25, 0.3) is 11.8 Å². The van der Waals surface area contributed by atoms with Crippen LogP contribution in [0.3, 0.4) is 0 Å². The van der Waals surface area contributed by atoms with E-state index in [2.05, 4.69) is 45.4 Å². The van der Waals surface area contributed by atoms with Crippen molar-refractivity contribution < 1.29 is 55.8 Å². The third-order valence-electron chi connectivity index (χ3n) is 11.7. The van der Waals surface area contributed by atoms with Crippen molar-refractivity contribution in [3.63, 3.8) is 0 Å². The van der Waals surface area contributed by atoms with Gasteiger partial charge < -0.3 is 37.5 Å². The highest BCUT2D eigenvalue weighted by Gasteiger charge is 2.21. The Kier molecular flexibility index (Phi) is 19.5. The molecule has 0 fully saturated rings. The van der Waals surface area contributed by atoms with Crippen LogP contribution in [0.2, 0.25) is 0 Å². The summed E-state index contributed by atoms with van der Waals surface area (Å²) in [5.74, 6) is -1.98. The Morgan fingerprint density at radius 2 is 1.17 bits per heavy atom. The van der Waals surface area contributed by atoms with Crippen LogP contribution in [-0.2, 0) is 53.1 Å². The van der Waals surface area contributed by atoms with Crippen molar-refractivity contribution >= 4 is 11.9 Å². The van der Waals surface area contributed by atoms with Crippen LogP contribution < -0.4 is 4.74 Å². The van der Waals surface area contributed by atoms with Crippen molar-refractivity contribution in [2.45, 2.75) is 86.2 Å². The van der Waals surface area contributed by atoms with E-state index in [0.717, 1.165) is 56.1 Å². The number of carbonyl (C=O) groups excluding carboxylic acids is 2. The molecule has 16 heteroatoms. The zero-order chi connectivity index (χ0) is 54.2. The molecule has 0 aliphatic heterocycles. The molecule has 2 aromatic heterocycles. The molecule has 8 aromatic rings. The second-order valence-electron chi connectivity index (χ2n) is 18.7. The first kappa shape index (κ1) is 55.8. The van der Waals surface area contributed by atoms with Gasteiger partial charge in [-0.05, 0) is 140 Å². The van der Waals surface area contributed by atoms with E-state index < -0.39 is 17.2 Å². The van der Waals surface area contributed by atoms with Gasteiger partial charge in [0, 0.05) is 42.9 Å². The van der Waals surface area contributed by atoms with E-state index in [1.54, 1.807) is 21.1 Å². The summed E-state index contributed by atoms with van der Waals surface area (Å²) in [6, 6.07) is 38.2. The SMILES string of the molecule is CCOC(=O)CCCOc1cc(-c2noc(-c3ccc(-c4ccccc4C)c(COC)c3)n2)cc(F)c1F.COCc1cc(-c2nc(-c3cccc(COCCC(=O)OC(C)(C)C)c3)no2)ccc1-c1ccccc1C. The predicted molar refractivity (Wildman–Crippen MR) is 284 cm³/mol. The van der Waals surface area contributed by atoms with Gasteiger partial charge in [0.2, 0.25) is 17.5 Å². The van der Waals surface area contributed by atoms with Crippen molar-refractivity contribution in [3.05, 3.63) is 161 Å². The highest BCUT2D eigenvalue weighted by atomic mass is 19.2. The second-order valence-corrected chi connectivity index (χ2v) is 18.7. The van der Waals surface area contributed by atoms with E-state index in [1.165, 1.54) is 17.2 Å². The van der Waals surface area contributed by atoms with E-state index >= 15 is 0 Å². The third-order valence-corrected chi connectivity index (χ3v) is 11.7. The van der Waals surface area contributed by atoms with Crippen LogP contribution >= 0.6 is 0 Å². The lowest BCUT2D eigenvalue weighted by atomic mass is 9.94. The quantitative estimate of drug-likeness (QED) is 0.0492. The number of halogens is 2. The van der Waals surface area contributed by atoms with Gasteiger partial charge in [-0.1, -0.05) is 89.2 Å². The molecule has 0 saturated heterocycles. The molecule has 14 nitrogen and oxygen atoms in total. The molecule has 0 amide bonds. The minimum absolute atomic E-state index is 0.00559. The van der Waals surface area contributed by atoms with Gasteiger partial charge in [-0.3, -0.25) is 9.59 Å². The molecule has 0 aliphatic rings. The average Bonchev–Trinajstić information content (AvgIpc) is 4.11. The molecule has 0 aliphatic carbocycles. The Morgan fingerprint density at radius 3 is 1.72 bits per heavy atom. The number of hydrogen-bond acceptors (Lipinski definition) is 14. The van der Waals surface area contributed by atoms with E-state index in [-0.39, 0.29) is 67.6 Å². The molecule has 76 heavy (non-hydrogen) atoms. The fourth-order valence-electron chi connectivity index (χ4n) is 8.16. The summed E-state index contributed by atoms with van der Waals surface area (Å²) in [5.41, 5.74) is 11.7. The van der Waals surface area contributed by atoms with Crippen molar-refractivity contribution in [2.24, 2.45) is 0 Å². The van der Waals surface area contributed by atoms with Crippen molar-refractivity contribution in [1.82, 2.24) is 20.3 Å². The Labute approximate surface area is 441 Å². The van der Waals surface area contributed by atoms with Gasteiger partial charge >= 0.3 is 11.9 Å². The zero-order valence-corrected chi connectivity index (χ0v) is 44.0. The molecular formula is C60H62F2N4O10. The van der Waals surface area contributed by atoms with Crippen LogP contribution in [0.15, 0.2) is 130 Å². The number of hydrogen-bond donors (Lipinski definition) is 0. The summed E-state index contributed by atoms with van der Waals surface area (Å²) < 4.78 is 71.9. The Hall–Kier alpha value is -7.92. The standard InChI is InChI=1S/C31H34N2O5.C29H28F2N2O5/c1-21-9-6-7-12-26(21)27-14-13-24(18-25(27)20-35-5)30-32-29(33-38-30)23-11-8-10-22(17-23)19-36-16-15-28(34)37-31(2,3)4;1-4-36-26(34)10-7-13-37-25-16-20(15-24(30)27(25)31)28-32-29(38-33-28)19-11-12-23(21(14-19)17-35-3)22-9-6-5-8-18(22)2/h6-14,17-18H,15-16,19-20H2,1-5H3;5-6,8-9,11-12,14-16H,4,7,10,13,17H2,1-3H3. The largest absolute Gasteiger partial charge is 0.490 e. The molecule has 6 aromatic carbocycles. The van der Waals surface area contributed by atoms with Crippen LogP contribution in [0.5, 0.6) is 5.75 Å². The maximum Gasteiger partial charge on any atom is 0.308 e. The fraction of sp³-hybridized carbons (Fsp3) is 0.300. The fourth-order valence-corrected chi connectivity index (χ4v) is 8.16. The summed E-state index contributed by atoms with van der Waals surface area (Å²) >= 11 is 0. The normalized spacial score (nSPS) is 11.2. The van der Waals surface area contributed by atoms with E-state index in [4.69, 9.17) is 37.5 Å². The summed E-state index contributed by atoms with van der Waals surface area (Å²) in [5, 5.41) is 8.17. The molecular weight excluding hydrogens is 975 g/mol. The second kappa shape index (κ2) is 26.5. The van der Waals surface area contributed by atoms with Gasteiger partial charge in [0.1, 0.15) is 5.60 Å². The molecule has 0 unspecified atom stereocenters. The number of carbonyl (C=O) groups is 2. The summed E-state index contributed by atoms with van der Waals surface area (Å²) in [7, 11) is 3.31. The average molecular weight is 1040 g/mol. The summed E-state index contributed by atoms with van der Waals surface area (Å²) in [6.07, 6.45) is 0.608. The number of methoxy groups -OCH3 is 2. The number of nitrogens with zero attached hydrogens (tertiary/aromatic N) is 4. The highest BCUT2D eigenvalue weighted by molar-refractivity contribution is 5.76. The van der Waals surface area contributed by atoms with Crippen LogP contribution in [0, 0.1) is 25.5 Å². The topological polar surface area (TPSA) is 167 Å². The highest BCUT2D eigenvalue weighted by Crippen LogP contribution is 2.35. The summed E-state index contributed by atoms with van der Waals surface area (Å²) in [6.45, 7) is 13.2. The van der Waals surface area contributed by atoms with E-state index in [0.29, 0.717) is 43.5 Å². The first-order valence-corrected chi connectivity index (χ1v) is 24.8. The molecule has 0 N–H and O–H groups in total. The Balaban J connectivity index is 0.000000221. The van der Waals surface area contributed by atoms with Gasteiger partial charge in [-0.25, -0.2) is 4.39 Å². The van der Waals surface area contributed by atoms with E-state index in [9.17, 15) is 18.4 Å². The number of ether oxygens (including phenoxy) is 6. The van der Waals surface area contributed by atoms with Crippen LogP contribution in [0.1, 0.15) is 74.8 Å². The number of aromatic nitrogens is 4. The van der Waals surface area contributed by atoms with Gasteiger partial charge in [-0.15, -0.1) is 0 Å². The lowest BCUT2D eigenvalue weighted by Gasteiger charge is -2.19. The first-order chi connectivity index (χ1) is 36.6. The first-order valence-electron chi connectivity index (χ1n) is 24.8. The van der Waals surface area contributed by atoms with Crippen LogP contribution in [0.25, 0.3) is 67.9 Å². The molecule has 2 heterocycles. The molecule has 0 bridgehead atoms. The van der Waals surface area contributed by atoms with Crippen LogP contribution in [0.4, 0.5) is 8.78 Å². The zero-order valence-electron chi connectivity index (χ0n) is 44.0. The third kappa shape index (κ3) is 15.1. The molecule has 8 rings (SSSR count). The van der Waals surface area contributed by atoms with Crippen molar-refractivity contribution in [1.29, 1.82) is 0 Å². The van der Waals surface area contributed by atoms with E-state index in [1.807, 2.05) is 119 Å². The van der Waals surface area contributed by atoms with Crippen LogP contribution in [-0.4, -0.2) is 71.9 Å². The number of aryl methyl sites for hydroxylation is 2. The summed E-state index contributed by atoms with van der Waals surface area (Å²) in [4.78, 5) is 32.4. The molecule has 0 saturated carbocycles. The number of benzene rings is 6. The van der Waals surface area contributed by atoms with Gasteiger partial charge in [0.05, 0.1) is 46.1 Å². The monoisotopic (exact) mass is 1040 g/mol. The van der Waals surface area contributed by atoms with Gasteiger partial charge in [-0.2, -0.15) is 14.4 Å². The minimum atomic E-state index is -1.13.